The molecule has 0 fully saturated rings. The number of amides is 1. The third-order valence-electron chi connectivity index (χ3n) is 3.44. The first kappa shape index (κ1) is 13.4. The molecular weight excluding hydrogens is 262 g/mol. The summed E-state index contributed by atoms with van der Waals surface area (Å²) in [6, 6.07) is 14.0. The third kappa shape index (κ3) is 3.11. The predicted octanol–water partition coefficient (Wildman–Crippen LogP) is 3.37. The highest BCUT2D eigenvalue weighted by Crippen LogP contribution is 2.15. The minimum Gasteiger partial charge on any atom is -0.347 e. The molecule has 2 aromatic heterocycles. The Morgan fingerprint density at radius 3 is 2.86 bits per heavy atom. The first-order chi connectivity index (χ1) is 10.2. The van der Waals surface area contributed by atoms with Crippen molar-refractivity contribution in [1.82, 2.24) is 9.55 Å². The molecule has 0 bridgehead atoms. The van der Waals surface area contributed by atoms with Crippen molar-refractivity contribution >= 4 is 22.6 Å². The summed E-state index contributed by atoms with van der Waals surface area (Å²) < 4.78 is 2.09. The Morgan fingerprint density at radius 1 is 1.19 bits per heavy atom. The van der Waals surface area contributed by atoms with Crippen molar-refractivity contribution in [1.29, 1.82) is 0 Å². The van der Waals surface area contributed by atoms with E-state index in [0.29, 0.717) is 18.8 Å². The number of carbonyl (C=O) groups excluding carboxylic acids is 1. The van der Waals surface area contributed by atoms with Gasteiger partial charge in [-0.1, -0.05) is 24.3 Å². The number of nitrogens with one attached hydrogen (secondary N) is 1. The molecule has 0 spiro atoms. The molecule has 0 saturated carbocycles. The molecule has 1 N–H and O–H groups in total. The van der Waals surface area contributed by atoms with Gasteiger partial charge >= 0.3 is 0 Å². The summed E-state index contributed by atoms with van der Waals surface area (Å²) in [6.07, 6.45) is 4.19. The van der Waals surface area contributed by atoms with Crippen molar-refractivity contribution in [2.45, 2.75) is 19.9 Å². The van der Waals surface area contributed by atoms with E-state index in [1.165, 1.54) is 5.39 Å². The van der Waals surface area contributed by atoms with Gasteiger partial charge in [-0.2, -0.15) is 0 Å². The molecule has 0 aliphatic carbocycles. The van der Waals surface area contributed by atoms with Gasteiger partial charge in [-0.25, -0.2) is 4.98 Å². The highest BCUT2D eigenvalue weighted by molar-refractivity contribution is 5.89. The van der Waals surface area contributed by atoms with Gasteiger partial charge in [-0.3, -0.25) is 4.79 Å². The third-order valence-corrected chi connectivity index (χ3v) is 3.44. The van der Waals surface area contributed by atoms with Gasteiger partial charge in [0.25, 0.3) is 0 Å². The van der Waals surface area contributed by atoms with Crippen molar-refractivity contribution < 1.29 is 4.79 Å². The highest BCUT2D eigenvalue weighted by atomic mass is 16.1. The second-order valence-electron chi connectivity index (χ2n) is 5.09. The van der Waals surface area contributed by atoms with Gasteiger partial charge in [-0.05, 0) is 36.1 Å². The Labute approximate surface area is 123 Å². The van der Waals surface area contributed by atoms with Crippen LogP contribution >= 0.6 is 0 Å². The van der Waals surface area contributed by atoms with Crippen molar-refractivity contribution in [2.75, 3.05) is 5.32 Å². The number of nitrogens with zero attached hydrogens (tertiary/aromatic N) is 2. The normalized spacial score (nSPS) is 10.7. The fourth-order valence-corrected chi connectivity index (χ4v) is 2.30. The van der Waals surface area contributed by atoms with Crippen LogP contribution in [-0.2, 0) is 11.3 Å². The molecule has 106 valence electrons. The van der Waals surface area contributed by atoms with Crippen LogP contribution < -0.4 is 5.32 Å². The number of aromatic nitrogens is 2. The molecule has 0 radical (unpaired) electrons. The van der Waals surface area contributed by atoms with Crippen LogP contribution in [0.15, 0.2) is 54.9 Å². The number of benzene rings is 1. The molecule has 0 aliphatic rings. The summed E-state index contributed by atoms with van der Waals surface area (Å²) in [5.41, 5.74) is 2.23. The van der Waals surface area contributed by atoms with Gasteiger partial charge < -0.3 is 9.88 Å². The van der Waals surface area contributed by atoms with Crippen molar-refractivity contribution in [3.05, 3.63) is 60.4 Å². The Hall–Kier alpha value is -2.62. The maximum absolute atomic E-state index is 12.0. The molecule has 0 saturated heterocycles. The minimum absolute atomic E-state index is 0.0239. The molecule has 0 atom stereocenters. The van der Waals surface area contributed by atoms with Crippen LogP contribution in [0.25, 0.3) is 10.9 Å². The number of fused-ring (bicyclic) bond motifs is 1. The molecule has 1 aromatic carbocycles. The Morgan fingerprint density at radius 2 is 2.05 bits per heavy atom. The Bertz CT molecular complexity index is 759. The van der Waals surface area contributed by atoms with Crippen LogP contribution in [-0.4, -0.2) is 15.5 Å². The first-order valence-electron chi connectivity index (χ1n) is 6.99. The molecule has 3 aromatic rings. The Kier molecular flexibility index (Phi) is 3.69. The van der Waals surface area contributed by atoms with Crippen LogP contribution in [0, 0.1) is 6.92 Å². The van der Waals surface area contributed by atoms with Gasteiger partial charge in [0.15, 0.2) is 0 Å². The summed E-state index contributed by atoms with van der Waals surface area (Å²) in [4.78, 5) is 16.1. The standard InChI is InChI=1S/C17H17N3O/c1-13-6-7-16(18-12-13)19-17(21)9-11-20-10-8-14-4-2-3-5-15(14)20/h2-8,10,12H,9,11H2,1H3,(H,18,19,21). The average Bonchev–Trinajstić information content (AvgIpc) is 2.91. The van der Waals surface area contributed by atoms with Crippen molar-refractivity contribution in [3.8, 4) is 0 Å². The number of carbonyl (C=O) groups is 1. The molecule has 2 heterocycles. The zero-order valence-electron chi connectivity index (χ0n) is 11.9. The molecule has 4 heteroatoms. The molecule has 21 heavy (non-hydrogen) atoms. The summed E-state index contributed by atoms with van der Waals surface area (Å²) in [5, 5.41) is 4.01. The number of hydrogen-bond acceptors (Lipinski definition) is 2. The average molecular weight is 279 g/mol. The van der Waals surface area contributed by atoms with Gasteiger partial charge in [0.05, 0.1) is 0 Å². The second-order valence-corrected chi connectivity index (χ2v) is 5.09. The number of rotatable bonds is 4. The predicted molar refractivity (Wildman–Crippen MR) is 84.2 cm³/mol. The quantitative estimate of drug-likeness (QED) is 0.796. The van der Waals surface area contributed by atoms with Gasteiger partial charge in [0, 0.05) is 30.9 Å². The number of para-hydroxylation sites is 1. The van der Waals surface area contributed by atoms with Crippen LogP contribution in [0.2, 0.25) is 0 Å². The van der Waals surface area contributed by atoms with E-state index in [1.807, 2.05) is 37.4 Å². The Balaban J connectivity index is 1.62. The smallest absolute Gasteiger partial charge is 0.227 e. The summed E-state index contributed by atoms with van der Waals surface area (Å²) in [7, 11) is 0. The van der Waals surface area contributed by atoms with Crippen molar-refractivity contribution in [2.24, 2.45) is 0 Å². The molecule has 1 amide bonds. The van der Waals surface area contributed by atoms with E-state index in [9.17, 15) is 4.79 Å². The lowest BCUT2D eigenvalue weighted by atomic mass is 10.2. The molecule has 4 nitrogen and oxygen atoms in total. The summed E-state index contributed by atoms with van der Waals surface area (Å²) >= 11 is 0. The van der Waals surface area contributed by atoms with E-state index in [0.717, 1.165) is 11.1 Å². The molecular formula is C17H17N3O. The van der Waals surface area contributed by atoms with E-state index in [-0.39, 0.29) is 5.91 Å². The largest absolute Gasteiger partial charge is 0.347 e. The molecule has 3 rings (SSSR count). The summed E-state index contributed by atoms with van der Waals surface area (Å²) in [6.45, 7) is 2.63. The second kappa shape index (κ2) is 5.79. The number of hydrogen-bond donors (Lipinski definition) is 1. The monoisotopic (exact) mass is 279 g/mol. The lowest BCUT2D eigenvalue weighted by molar-refractivity contribution is -0.116. The van der Waals surface area contributed by atoms with Gasteiger partial charge in [-0.15, -0.1) is 0 Å². The SMILES string of the molecule is Cc1ccc(NC(=O)CCn2ccc3ccccc32)nc1. The van der Waals surface area contributed by atoms with E-state index in [4.69, 9.17) is 0 Å². The van der Waals surface area contributed by atoms with Gasteiger partial charge in [0.1, 0.15) is 5.82 Å². The van der Waals surface area contributed by atoms with E-state index in [1.54, 1.807) is 6.20 Å². The maximum atomic E-state index is 12.0. The minimum atomic E-state index is -0.0239. The molecule has 0 unspecified atom stereocenters. The zero-order chi connectivity index (χ0) is 14.7. The van der Waals surface area contributed by atoms with Crippen LogP contribution in [0.1, 0.15) is 12.0 Å². The topological polar surface area (TPSA) is 46.9 Å². The van der Waals surface area contributed by atoms with Gasteiger partial charge in [0.2, 0.25) is 5.91 Å². The number of anilines is 1. The first-order valence-corrected chi connectivity index (χ1v) is 6.99. The number of pyridine rings is 1. The van der Waals surface area contributed by atoms with Crippen LogP contribution in [0.5, 0.6) is 0 Å². The van der Waals surface area contributed by atoms with Crippen LogP contribution in [0.4, 0.5) is 5.82 Å². The van der Waals surface area contributed by atoms with E-state index < -0.39 is 0 Å². The zero-order valence-corrected chi connectivity index (χ0v) is 11.9. The lowest BCUT2D eigenvalue weighted by Crippen LogP contribution is -2.15. The fourth-order valence-electron chi connectivity index (χ4n) is 2.30. The van der Waals surface area contributed by atoms with Crippen LogP contribution in [0.3, 0.4) is 0 Å². The van der Waals surface area contributed by atoms with E-state index >= 15 is 0 Å². The highest BCUT2D eigenvalue weighted by Gasteiger charge is 2.05. The maximum Gasteiger partial charge on any atom is 0.227 e. The van der Waals surface area contributed by atoms with Crippen molar-refractivity contribution in [3.63, 3.8) is 0 Å². The lowest BCUT2D eigenvalue weighted by Gasteiger charge is -2.07. The number of aryl methyl sites for hydroxylation is 2. The molecule has 0 aliphatic heterocycles. The fraction of sp³-hybridized carbons (Fsp3) is 0.176. The summed E-state index contributed by atoms with van der Waals surface area (Å²) in [5.74, 6) is 0.576. The van der Waals surface area contributed by atoms with E-state index in [2.05, 4.69) is 33.1 Å².